The molecule has 1 aromatic carbocycles. The molecule has 0 spiro atoms. The smallest absolute Gasteiger partial charge is 0.233 e. The molecule has 0 aromatic heterocycles. The molecule has 1 aliphatic heterocycles. The van der Waals surface area contributed by atoms with Crippen LogP contribution in [0.2, 0.25) is 5.02 Å². The molecule has 4 heteroatoms. The zero-order chi connectivity index (χ0) is 13.5. The standard InChI is InChI=1S/C15H19ClN2O/c1-18(13-6-9-17-10-13)14(19)15(7-8-15)11-2-4-12(16)5-3-11/h2-5,13,17H,6-10H2,1H3. The Hall–Kier alpha value is -1.06. The van der Waals surface area contributed by atoms with Crippen LogP contribution in [0.1, 0.15) is 24.8 Å². The highest BCUT2D eigenvalue weighted by molar-refractivity contribution is 6.30. The van der Waals surface area contributed by atoms with Crippen LogP contribution in [0.5, 0.6) is 0 Å². The van der Waals surface area contributed by atoms with Crippen molar-refractivity contribution in [3.05, 3.63) is 34.9 Å². The number of nitrogens with one attached hydrogen (secondary N) is 1. The minimum absolute atomic E-state index is 0.267. The van der Waals surface area contributed by atoms with Gasteiger partial charge in [-0.1, -0.05) is 23.7 Å². The minimum Gasteiger partial charge on any atom is -0.341 e. The highest BCUT2D eigenvalue weighted by atomic mass is 35.5. The van der Waals surface area contributed by atoms with E-state index in [1.807, 2.05) is 36.2 Å². The second-order valence-electron chi connectivity index (χ2n) is 5.65. The summed E-state index contributed by atoms with van der Waals surface area (Å²) in [6.45, 7) is 1.93. The third kappa shape index (κ3) is 2.26. The summed E-state index contributed by atoms with van der Waals surface area (Å²) in [5.74, 6) is 0.267. The Labute approximate surface area is 118 Å². The Morgan fingerprint density at radius 3 is 2.58 bits per heavy atom. The first kappa shape index (κ1) is 12.9. The molecule has 1 aromatic rings. The average Bonchev–Trinajstić information content (AvgIpc) is 3.05. The van der Waals surface area contributed by atoms with Crippen molar-refractivity contribution < 1.29 is 4.79 Å². The number of hydrogen-bond donors (Lipinski definition) is 1. The summed E-state index contributed by atoms with van der Waals surface area (Å²) in [4.78, 5) is 14.7. The Morgan fingerprint density at radius 2 is 2.05 bits per heavy atom. The van der Waals surface area contributed by atoms with E-state index >= 15 is 0 Å². The number of benzene rings is 1. The third-order valence-electron chi connectivity index (χ3n) is 4.46. The summed E-state index contributed by atoms with van der Waals surface area (Å²) in [6.07, 6.45) is 2.97. The molecule has 0 bridgehead atoms. The SMILES string of the molecule is CN(C(=O)C1(c2ccc(Cl)cc2)CC1)C1CCNC1. The second kappa shape index (κ2) is 4.80. The first-order valence-electron chi connectivity index (χ1n) is 6.87. The van der Waals surface area contributed by atoms with Crippen LogP contribution >= 0.6 is 11.6 Å². The van der Waals surface area contributed by atoms with Gasteiger partial charge in [0.2, 0.25) is 5.91 Å². The van der Waals surface area contributed by atoms with Gasteiger partial charge in [0, 0.05) is 24.7 Å². The molecule has 2 aliphatic rings. The van der Waals surface area contributed by atoms with Crippen molar-refractivity contribution in [2.75, 3.05) is 20.1 Å². The number of halogens is 1. The highest BCUT2D eigenvalue weighted by Gasteiger charge is 2.53. The molecule has 2 fully saturated rings. The molecule has 3 nitrogen and oxygen atoms in total. The van der Waals surface area contributed by atoms with E-state index in [2.05, 4.69) is 5.32 Å². The van der Waals surface area contributed by atoms with E-state index in [-0.39, 0.29) is 11.3 Å². The van der Waals surface area contributed by atoms with Crippen LogP contribution in [0.3, 0.4) is 0 Å². The molecule has 1 aliphatic carbocycles. The zero-order valence-corrected chi connectivity index (χ0v) is 11.9. The number of carbonyl (C=O) groups excluding carboxylic acids is 1. The van der Waals surface area contributed by atoms with Crippen LogP contribution in [0.15, 0.2) is 24.3 Å². The minimum atomic E-state index is -0.276. The van der Waals surface area contributed by atoms with Crippen molar-refractivity contribution >= 4 is 17.5 Å². The first-order chi connectivity index (χ1) is 9.13. The maximum atomic E-state index is 12.8. The lowest BCUT2D eigenvalue weighted by Crippen LogP contribution is -2.44. The van der Waals surface area contributed by atoms with Crippen LogP contribution < -0.4 is 5.32 Å². The molecule has 0 radical (unpaired) electrons. The number of likely N-dealkylation sites (N-methyl/N-ethyl adjacent to an activating group) is 1. The fourth-order valence-electron chi connectivity index (χ4n) is 2.99. The Bertz CT molecular complexity index is 475. The summed E-state index contributed by atoms with van der Waals surface area (Å²) in [5.41, 5.74) is 0.835. The molecule has 1 N–H and O–H groups in total. The maximum absolute atomic E-state index is 12.8. The second-order valence-corrected chi connectivity index (χ2v) is 6.09. The van der Waals surface area contributed by atoms with E-state index in [0.717, 1.165) is 42.9 Å². The summed E-state index contributed by atoms with van der Waals surface area (Å²) in [7, 11) is 1.94. The van der Waals surface area contributed by atoms with Gasteiger partial charge in [0.05, 0.1) is 5.41 Å². The van der Waals surface area contributed by atoms with Crippen LogP contribution in [-0.2, 0) is 10.2 Å². The van der Waals surface area contributed by atoms with Gasteiger partial charge in [-0.05, 0) is 43.5 Å². The summed E-state index contributed by atoms with van der Waals surface area (Å²) in [6, 6.07) is 8.09. The fraction of sp³-hybridized carbons (Fsp3) is 0.533. The number of amides is 1. The first-order valence-corrected chi connectivity index (χ1v) is 7.25. The molecule has 19 heavy (non-hydrogen) atoms. The van der Waals surface area contributed by atoms with Gasteiger partial charge in [-0.25, -0.2) is 0 Å². The number of nitrogens with zero attached hydrogens (tertiary/aromatic N) is 1. The topological polar surface area (TPSA) is 32.3 Å². The third-order valence-corrected chi connectivity index (χ3v) is 4.71. The lowest BCUT2D eigenvalue weighted by atomic mass is 9.94. The van der Waals surface area contributed by atoms with Crippen LogP contribution in [0.25, 0.3) is 0 Å². The van der Waals surface area contributed by atoms with Crippen molar-refractivity contribution in [2.24, 2.45) is 0 Å². The molecule has 3 rings (SSSR count). The average molecular weight is 279 g/mol. The molecule has 102 valence electrons. The van der Waals surface area contributed by atoms with Crippen LogP contribution in [0, 0.1) is 0 Å². The van der Waals surface area contributed by atoms with Crippen molar-refractivity contribution in [2.45, 2.75) is 30.7 Å². The number of hydrogen-bond acceptors (Lipinski definition) is 2. The van der Waals surface area contributed by atoms with Gasteiger partial charge in [-0.15, -0.1) is 0 Å². The summed E-state index contributed by atoms with van der Waals surface area (Å²) < 4.78 is 0. The molecule has 1 unspecified atom stereocenters. The molecule has 1 saturated heterocycles. The quantitative estimate of drug-likeness (QED) is 0.919. The van der Waals surface area contributed by atoms with E-state index < -0.39 is 0 Å². The van der Waals surface area contributed by atoms with Gasteiger partial charge in [0.15, 0.2) is 0 Å². The van der Waals surface area contributed by atoms with Crippen LogP contribution in [-0.4, -0.2) is 37.0 Å². The van der Waals surface area contributed by atoms with E-state index in [1.54, 1.807) is 0 Å². The molecule has 1 heterocycles. The Kier molecular flexibility index (Phi) is 3.27. The normalized spacial score (nSPS) is 24.2. The monoisotopic (exact) mass is 278 g/mol. The van der Waals surface area contributed by atoms with Gasteiger partial charge in [-0.3, -0.25) is 4.79 Å². The predicted molar refractivity (Wildman–Crippen MR) is 76.4 cm³/mol. The van der Waals surface area contributed by atoms with Crippen LogP contribution in [0.4, 0.5) is 0 Å². The van der Waals surface area contributed by atoms with Gasteiger partial charge >= 0.3 is 0 Å². The highest BCUT2D eigenvalue weighted by Crippen LogP contribution is 2.50. The van der Waals surface area contributed by atoms with Crippen molar-refractivity contribution in [1.82, 2.24) is 10.2 Å². The van der Waals surface area contributed by atoms with Gasteiger partial charge in [-0.2, -0.15) is 0 Å². The van der Waals surface area contributed by atoms with Crippen molar-refractivity contribution in [1.29, 1.82) is 0 Å². The van der Waals surface area contributed by atoms with Gasteiger partial charge in [0.25, 0.3) is 0 Å². The predicted octanol–water partition coefficient (Wildman–Crippen LogP) is 2.19. The largest absolute Gasteiger partial charge is 0.341 e. The van der Waals surface area contributed by atoms with Crippen molar-refractivity contribution in [3.8, 4) is 0 Å². The molecule has 1 amide bonds. The number of carbonyl (C=O) groups is 1. The summed E-state index contributed by atoms with van der Waals surface area (Å²) >= 11 is 5.92. The van der Waals surface area contributed by atoms with E-state index in [0.29, 0.717) is 6.04 Å². The molecule has 1 atom stereocenters. The molecular formula is C15H19ClN2O. The number of rotatable bonds is 3. The summed E-state index contributed by atoms with van der Waals surface area (Å²) in [5, 5.41) is 4.04. The zero-order valence-electron chi connectivity index (χ0n) is 11.2. The molecule has 1 saturated carbocycles. The van der Waals surface area contributed by atoms with Gasteiger partial charge < -0.3 is 10.2 Å². The lowest BCUT2D eigenvalue weighted by molar-refractivity contribution is -0.134. The lowest BCUT2D eigenvalue weighted by Gasteiger charge is -2.28. The van der Waals surface area contributed by atoms with E-state index in [1.165, 1.54) is 0 Å². The maximum Gasteiger partial charge on any atom is 0.233 e. The van der Waals surface area contributed by atoms with E-state index in [4.69, 9.17) is 11.6 Å². The Morgan fingerprint density at radius 1 is 1.37 bits per heavy atom. The van der Waals surface area contributed by atoms with Crippen molar-refractivity contribution in [3.63, 3.8) is 0 Å². The fourth-order valence-corrected chi connectivity index (χ4v) is 3.12. The van der Waals surface area contributed by atoms with E-state index in [9.17, 15) is 4.79 Å². The molecular weight excluding hydrogens is 260 g/mol. The van der Waals surface area contributed by atoms with Gasteiger partial charge in [0.1, 0.15) is 0 Å². The Balaban J connectivity index is 1.80.